The molecule has 0 saturated heterocycles. The number of aromatic nitrogens is 2. The van der Waals surface area contributed by atoms with Crippen LogP contribution >= 0.6 is 0 Å². The molecule has 1 aromatic carbocycles. The van der Waals surface area contributed by atoms with Crippen molar-refractivity contribution in [3.63, 3.8) is 0 Å². The van der Waals surface area contributed by atoms with E-state index in [-0.39, 0.29) is 12.3 Å². The molecular weight excluding hydrogens is 270 g/mol. The van der Waals surface area contributed by atoms with Gasteiger partial charge in [0.2, 0.25) is 0 Å². The zero-order chi connectivity index (χ0) is 15.4. The van der Waals surface area contributed by atoms with E-state index in [2.05, 4.69) is 11.1 Å². The summed E-state index contributed by atoms with van der Waals surface area (Å²) in [5.41, 5.74) is 2.08. The standard InChI is InChI=1S/C15H15N3O3/c1-4-21-15(19)13-10(2)17-14(18(13)20-3)12-7-5-11(9-16)6-8-12/h5-8H,4H2,1-3H3. The highest BCUT2D eigenvalue weighted by Gasteiger charge is 2.23. The molecule has 0 amide bonds. The molecular formula is C15H15N3O3. The molecule has 2 aromatic rings. The number of nitriles is 1. The number of esters is 1. The summed E-state index contributed by atoms with van der Waals surface area (Å²) in [5, 5.41) is 8.82. The summed E-state index contributed by atoms with van der Waals surface area (Å²) >= 11 is 0. The van der Waals surface area contributed by atoms with Gasteiger partial charge in [-0.1, -0.05) is 0 Å². The molecule has 0 fully saturated rings. The molecule has 21 heavy (non-hydrogen) atoms. The molecule has 6 heteroatoms. The lowest BCUT2D eigenvalue weighted by Gasteiger charge is -2.09. The topological polar surface area (TPSA) is 77.1 Å². The summed E-state index contributed by atoms with van der Waals surface area (Å²) in [7, 11) is 1.46. The van der Waals surface area contributed by atoms with Crippen molar-refractivity contribution < 1.29 is 14.4 Å². The van der Waals surface area contributed by atoms with Crippen molar-refractivity contribution in [2.24, 2.45) is 0 Å². The van der Waals surface area contributed by atoms with Crippen LogP contribution in [0, 0.1) is 18.3 Å². The smallest absolute Gasteiger partial charge is 0.360 e. The number of benzene rings is 1. The monoisotopic (exact) mass is 285 g/mol. The Hall–Kier alpha value is -2.81. The number of hydrogen-bond donors (Lipinski definition) is 0. The highest BCUT2D eigenvalue weighted by molar-refractivity contribution is 5.89. The van der Waals surface area contributed by atoms with Gasteiger partial charge in [-0.05, 0) is 38.1 Å². The third-order valence-corrected chi connectivity index (χ3v) is 2.94. The minimum absolute atomic E-state index is 0.263. The Morgan fingerprint density at radius 3 is 2.57 bits per heavy atom. The van der Waals surface area contributed by atoms with Crippen LogP contribution in [0.1, 0.15) is 28.7 Å². The first-order chi connectivity index (χ1) is 10.1. The normalized spacial score (nSPS) is 10.0. The molecule has 108 valence electrons. The van der Waals surface area contributed by atoms with Gasteiger partial charge in [-0.15, -0.1) is 0 Å². The highest BCUT2D eigenvalue weighted by atomic mass is 16.7. The molecule has 0 aliphatic rings. The van der Waals surface area contributed by atoms with Crippen LogP contribution in [-0.2, 0) is 4.74 Å². The van der Waals surface area contributed by atoms with E-state index in [1.54, 1.807) is 38.1 Å². The third kappa shape index (κ3) is 2.72. The quantitative estimate of drug-likeness (QED) is 0.802. The Bertz CT molecular complexity index is 696. The number of hydrogen-bond acceptors (Lipinski definition) is 5. The van der Waals surface area contributed by atoms with Crippen LogP contribution in [-0.4, -0.2) is 29.4 Å². The number of carbonyl (C=O) groups excluding carboxylic acids is 1. The van der Waals surface area contributed by atoms with Crippen molar-refractivity contribution in [3.8, 4) is 17.5 Å². The lowest BCUT2D eigenvalue weighted by Crippen LogP contribution is -2.18. The first kappa shape index (κ1) is 14.6. The molecule has 0 spiro atoms. The SMILES string of the molecule is CCOC(=O)c1c(C)nc(-c2ccc(C#N)cc2)n1OC. The van der Waals surface area contributed by atoms with Crippen molar-refractivity contribution in [1.82, 2.24) is 9.71 Å². The minimum Gasteiger partial charge on any atom is -0.461 e. The summed E-state index contributed by atoms with van der Waals surface area (Å²) < 4.78 is 6.36. The van der Waals surface area contributed by atoms with Crippen LogP contribution in [0.25, 0.3) is 11.4 Å². The molecule has 1 heterocycles. The number of imidazole rings is 1. The molecule has 0 saturated carbocycles. The highest BCUT2D eigenvalue weighted by Crippen LogP contribution is 2.22. The summed E-state index contributed by atoms with van der Waals surface area (Å²) in [6.07, 6.45) is 0. The van der Waals surface area contributed by atoms with Crippen LogP contribution in [0.5, 0.6) is 0 Å². The second-order valence-electron chi connectivity index (χ2n) is 4.26. The van der Waals surface area contributed by atoms with Gasteiger partial charge in [0.1, 0.15) is 7.11 Å². The molecule has 0 unspecified atom stereocenters. The van der Waals surface area contributed by atoms with E-state index in [1.807, 2.05) is 0 Å². The van der Waals surface area contributed by atoms with Gasteiger partial charge in [0, 0.05) is 5.56 Å². The predicted molar refractivity (Wildman–Crippen MR) is 75.6 cm³/mol. The maximum absolute atomic E-state index is 12.0. The maximum Gasteiger partial charge on any atom is 0.360 e. The van der Waals surface area contributed by atoms with Crippen molar-refractivity contribution in [3.05, 3.63) is 41.2 Å². The average molecular weight is 285 g/mol. The van der Waals surface area contributed by atoms with Gasteiger partial charge in [-0.25, -0.2) is 9.78 Å². The Balaban J connectivity index is 2.52. The number of rotatable bonds is 4. The summed E-state index contributed by atoms with van der Waals surface area (Å²) in [6, 6.07) is 8.93. The fourth-order valence-electron chi connectivity index (χ4n) is 1.99. The van der Waals surface area contributed by atoms with Crippen molar-refractivity contribution in [2.75, 3.05) is 13.7 Å². The third-order valence-electron chi connectivity index (χ3n) is 2.94. The zero-order valence-electron chi connectivity index (χ0n) is 12.1. The van der Waals surface area contributed by atoms with Crippen LogP contribution in [0.4, 0.5) is 0 Å². The molecule has 0 radical (unpaired) electrons. The predicted octanol–water partition coefficient (Wildman–Crippen LogP) is 1.97. The van der Waals surface area contributed by atoms with Gasteiger partial charge >= 0.3 is 5.97 Å². The van der Waals surface area contributed by atoms with E-state index < -0.39 is 5.97 Å². The summed E-state index contributed by atoms with van der Waals surface area (Å²) in [6.45, 7) is 3.73. The van der Waals surface area contributed by atoms with Crippen molar-refractivity contribution >= 4 is 5.97 Å². The first-order valence-electron chi connectivity index (χ1n) is 6.43. The van der Waals surface area contributed by atoms with Crippen LogP contribution < -0.4 is 4.84 Å². The molecule has 1 aromatic heterocycles. The number of nitrogens with zero attached hydrogens (tertiary/aromatic N) is 3. The fourth-order valence-corrected chi connectivity index (χ4v) is 1.99. The van der Waals surface area contributed by atoms with E-state index in [4.69, 9.17) is 14.8 Å². The second kappa shape index (κ2) is 6.09. The first-order valence-corrected chi connectivity index (χ1v) is 6.43. The van der Waals surface area contributed by atoms with Gasteiger partial charge in [-0.3, -0.25) is 0 Å². The Labute approximate surface area is 122 Å². The van der Waals surface area contributed by atoms with Gasteiger partial charge in [-0.2, -0.15) is 9.99 Å². The van der Waals surface area contributed by atoms with Gasteiger partial charge in [0.15, 0.2) is 11.5 Å². The summed E-state index contributed by atoms with van der Waals surface area (Å²) in [5.74, 6) is 0.00629. The van der Waals surface area contributed by atoms with E-state index in [1.165, 1.54) is 11.8 Å². The largest absolute Gasteiger partial charge is 0.461 e. The van der Waals surface area contributed by atoms with E-state index in [9.17, 15) is 4.79 Å². The minimum atomic E-state index is -0.482. The van der Waals surface area contributed by atoms with Gasteiger partial charge in [0.25, 0.3) is 0 Å². The average Bonchev–Trinajstić information content (AvgIpc) is 2.84. The molecule has 0 atom stereocenters. The van der Waals surface area contributed by atoms with Crippen molar-refractivity contribution in [1.29, 1.82) is 5.26 Å². The van der Waals surface area contributed by atoms with E-state index >= 15 is 0 Å². The molecule has 0 aliphatic carbocycles. The van der Waals surface area contributed by atoms with Gasteiger partial charge in [0.05, 0.1) is 23.9 Å². The molecule has 2 rings (SSSR count). The Morgan fingerprint density at radius 2 is 2.05 bits per heavy atom. The Morgan fingerprint density at radius 1 is 1.38 bits per heavy atom. The molecule has 6 nitrogen and oxygen atoms in total. The van der Waals surface area contributed by atoms with E-state index in [0.717, 1.165) is 5.56 Å². The van der Waals surface area contributed by atoms with Crippen LogP contribution in [0.2, 0.25) is 0 Å². The molecule has 0 bridgehead atoms. The second-order valence-corrected chi connectivity index (χ2v) is 4.26. The van der Waals surface area contributed by atoms with Crippen LogP contribution in [0.3, 0.4) is 0 Å². The number of carbonyl (C=O) groups is 1. The lowest BCUT2D eigenvalue weighted by molar-refractivity contribution is 0.0473. The Kier molecular flexibility index (Phi) is 4.24. The van der Waals surface area contributed by atoms with Crippen molar-refractivity contribution in [2.45, 2.75) is 13.8 Å². The maximum atomic E-state index is 12.0. The van der Waals surface area contributed by atoms with Crippen LogP contribution in [0.15, 0.2) is 24.3 Å². The number of ether oxygens (including phenoxy) is 1. The zero-order valence-corrected chi connectivity index (χ0v) is 12.1. The molecule has 0 N–H and O–H groups in total. The lowest BCUT2D eigenvalue weighted by atomic mass is 10.1. The van der Waals surface area contributed by atoms with Gasteiger partial charge < -0.3 is 9.57 Å². The molecule has 0 aliphatic heterocycles. The number of aryl methyl sites for hydroxylation is 1. The van der Waals surface area contributed by atoms with E-state index in [0.29, 0.717) is 17.1 Å². The summed E-state index contributed by atoms with van der Waals surface area (Å²) in [4.78, 5) is 21.6. The fraction of sp³-hybridized carbons (Fsp3) is 0.267.